The molecular weight excluding hydrogens is 302 g/mol. The predicted molar refractivity (Wildman–Crippen MR) is 69.6 cm³/mol. The van der Waals surface area contributed by atoms with Crippen LogP contribution in [0, 0.1) is 11.6 Å². The van der Waals surface area contributed by atoms with Gasteiger partial charge in [-0.05, 0) is 23.6 Å². The fourth-order valence-electron chi connectivity index (χ4n) is 2.41. The maximum Gasteiger partial charge on any atom is 0.220 e. The van der Waals surface area contributed by atoms with Crippen molar-refractivity contribution in [1.29, 1.82) is 0 Å². The molecule has 0 radical (unpaired) electrons. The summed E-state index contributed by atoms with van der Waals surface area (Å²) in [6, 6.07) is 3.46. The minimum Gasteiger partial charge on any atom is -0.364 e. The van der Waals surface area contributed by atoms with Crippen LogP contribution < -0.4 is 0 Å². The minimum atomic E-state index is -3.61. The Hall–Kier alpha value is -1.80. The van der Waals surface area contributed by atoms with Crippen molar-refractivity contribution in [2.24, 2.45) is 0 Å². The van der Waals surface area contributed by atoms with Gasteiger partial charge < -0.3 is 4.52 Å². The van der Waals surface area contributed by atoms with Crippen LogP contribution >= 0.6 is 0 Å². The number of sulfonamides is 1. The molecule has 2 heterocycles. The van der Waals surface area contributed by atoms with Crippen molar-refractivity contribution in [2.75, 3.05) is 6.54 Å². The molecule has 1 aliphatic rings. The van der Waals surface area contributed by atoms with Gasteiger partial charge in [0.2, 0.25) is 10.0 Å². The van der Waals surface area contributed by atoms with E-state index in [2.05, 4.69) is 9.68 Å². The van der Waals surface area contributed by atoms with Crippen molar-refractivity contribution < 1.29 is 21.7 Å². The maximum absolute atomic E-state index is 13.6. The largest absolute Gasteiger partial charge is 0.364 e. The third-order valence-corrected chi connectivity index (χ3v) is 5.18. The lowest BCUT2D eigenvalue weighted by atomic mass is 10.0. The van der Waals surface area contributed by atoms with Crippen LogP contribution in [0.3, 0.4) is 0 Å². The third-order valence-electron chi connectivity index (χ3n) is 3.43. The smallest absolute Gasteiger partial charge is 0.220 e. The van der Waals surface area contributed by atoms with Gasteiger partial charge >= 0.3 is 0 Å². The van der Waals surface area contributed by atoms with Crippen LogP contribution in [0.5, 0.6) is 0 Å². The molecule has 5 nitrogen and oxygen atoms in total. The van der Waals surface area contributed by atoms with E-state index < -0.39 is 21.7 Å². The summed E-state index contributed by atoms with van der Waals surface area (Å²) in [6.45, 7) is 0.125. The summed E-state index contributed by atoms with van der Waals surface area (Å²) in [5.74, 6) is -1.63. The molecule has 1 aromatic carbocycles. The van der Waals surface area contributed by atoms with E-state index in [1.165, 1.54) is 22.7 Å². The number of rotatable bonds is 3. The molecule has 0 saturated carbocycles. The lowest BCUT2D eigenvalue weighted by Gasteiger charge is -2.28. The Morgan fingerprint density at radius 1 is 1.33 bits per heavy atom. The number of halogens is 2. The first kappa shape index (κ1) is 14.2. The molecule has 1 aromatic heterocycles. The average molecular weight is 314 g/mol. The number of fused-ring (bicyclic) bond motifs is 1. The van der Waals surface area contributed by atoms with Crippen molar-refractivity contribution >= 4 is 10.0 Å². The number of hydrogen-bond acceptors (Lipinski definition) is 4. The molecule has 112 valence electrons. The number of benzene rings is 1. The molecule has 2 aromatic rings. The highest BCUT2D eigenvalue weighted by atomic mass is 32.2. The second-order valence-corrected chi connectivity index (χ2v) is 6.82. The first-order chi connectivity index (χ1) is 9.95. The van der Waals surface area contributed by atoms with E-state index in [1.54, 1.807) is 0 Å². The van der Waals surface area contributed by atoms with Crippen LogP contribution in [0.4, 0.5) is 8.78 Å². The van der Waals surface area contributed by atoms with Crippen LogP contribution in [0.25, 0.3) is 0 Å². The zero-order valence-electron chi connectivity index (χ0n) is 10.9. The van der Waals surface area contributed by atoms with E-state index in [-0.39, 0.29) is 25.3 Å². The Labute approximate surface area is 120 Å². The molecule has 8 heteroatoms. The van der Waals surface area contributed by atoms with E-state index in [9.17, 15) is 17.2 Å². The summed E-state index contributed by atoms with van der Waals surface area (Å²) in [7, 11) is -3.61. The van der Waals surface area contributed by atoms with E-state index in [4.69, 9.17) is 0 Å². The topological polar surface area (TPSA) is 63.4 Å². The highest BCUT2D eigenvalue weighted by Crippen LogP contribution is 2.25. The van der Waals surface area contributed by atoms with Crippen LogP contribution in [0.1, 0.15) is 16.8 Å². The zero-order chi connectivity index (χ0) is 15.0. The molecule has 0 N–H and O–H groups in total. The average Bonchev–Trinajstić information content (AvgIpc) is 2.90. The van der Waals surface area contributed by atoms with Gasteiger partial charge in [-0.2, -0.15) is 4.31 Å². The fraction of sp³-hybridized carbons (Fsp3) is 0.308. The number of aromatic nitrogens is 1. The maximum atomic E-state index is 13.6. The van der Waals surface area contributed by atoms with E-state index >= 15 is 0 Å². The quantitative estimate of drug-likeness (QED) is 0.867. The highest BCUT2D eigenvalue weighted by Gasteiger charge is 2.29. The molecule has 3 rings (SSSR count). The zero-order valence-corrected chi connectivity index (χ0v) is 11.7. The second-order valence-electron chi connectivity index (χ2n) is 4.86. The normalized spacial score (nSPS) is 15.9. The molecule has 0 unspecified atom stereocenters. The standard InChI is InChI=1S/C13H12F2N2O3S/c14-10-5-9-7-17(3-1-12(9)13(15)6-10)21(18,19)8-11-2-4-20-16-11/h2,4-6H,1,3,7-8H2. The van der Waals surface area contributed by atoms with Crippen LogP contribution in [-0.2, 0) is 28.7 Å². The van der Waals surface area contributed by atoms with E-state index in [0.717, 1.165) is 6.07 Å². The molecule has 1 aliphatic heterocycles. The third kappa shape index (κ3) is 2.81. The van der Waals surface area contributed by atoms with Crippen LogP contribution in [0.15, 0.2) is 29.0 Å². The van der Waals surface area contributed by atoms with Gasteiger partial charge in [0.15, 0.2) is 0 Å². The number of hydrogen-bond donors (Lipinski definition) is 0. The molecule has 0 spiro atoms. The van der Waals surface area contributed by atoms with E-state index in [0.29, 0.717) is 16.8 Å². The number of nitrogens with zero attached hydrogens (tertiary/aromatic N) is 2. The monoisotopic (exact) mass is 314 g/mol. The summed E-state index contributed by atoms with van der Waals surface area (Å²) in [5, 5.41) is 3.57. The summed E-state index contributed by atoms with van der Waals surface area (Å²) >= 11 is 0. The Morgan fingerprint density at radius 2 is 2.14 bits per heavy atom. The van der Waals surface area contributed by atoms with Gasteiger partial charge in [0.1, 0.15) is 23.7 Å². The van der Waals surface area contributed by atoms with Gasteiger partial charge in [0.25, 0.3) is 0 Å². The molecule has 0 atom stereocenters. The van der Waals surface area contributed by atoms with Crippen LogP contribution in [0.2, 0.25) is 0 Å². The van der Waals surface area contributed by atoms with Gasteiger partial charge in [-0.25, -0.2) is 17.2 Å². The Balaban J connectivity index is 1.85. The van der Waals surface area contributed by atoms with Crippen molar-refractivity contribution in [3.63, 3.8) is 0 Å². The van der Waals surface area contributed by atoms with Crippen molar-refractivity contribution in [3.8, 4) is 0 Å². The molecule has 0 saturated heterocycles. The molecule has 0 bridgehead atoms. The van der Waals surface area contributed by atoms with Gasteiger partial charge in [0.05, 0.1) is 5.69 Å². The van der Waals surface area contributed by atoms with Crippen molar-refractivity contribution in [3.05, 3.63) is 52.9 Å². The molecule has 0 aliphatic carbocycles. The molecule has 21 heavy (non-hydrogen) atoms. The second kappa shape index (κ2) is 5.19. The predicted octanol–water partition coefficient (Wildman–Crippen LogP) is 1.84. The van der Waals surface area contributed by atoms with Crippen LogP contribution in [-0.4, -0.2) is 24.4 Å². The van der Waals surface area contributed by atoms with Gasteiger partial charge in [0, 0.05) is 25.2 Å². The lowest BCUT2D eigenvalue weighted by molar-refractivity contribution is 0.379. The summed E-state index contributed by atoms with van der Waals surface area (Å²) in [6.07, 6.45) is 1.51. The summed E-state index contributed by atoms with van der Waals surface area (Å²) in [4.78, 5) is 0. The highest BCUT2D eigenvalue weighted by molar-refractivity contribution is 7.88. The fourth-order valence-corrected chi connectivity index (χ4v) is 3.82. The lowest BCUT2D eigenvalue weighted by Crippen LogP contribution is -2.37. The first-order valence-electron chi connectivity index (χ1n) is 6.29. The summed E-state index contributed by atoms with van der Waals surface area (Å²) in [5.41, 5.74) is 1.04. The Kier molecular flexibility index (Phi) is 3.50. The molecule has 0 fully saturated rings. The van der Waals surface area contributed by atoms with Gasteiger partial charge in [-0.1, -0.05) is 5.16 Å². The summed E-state index contributed by atoms with van der Waals surface area (Å²) < 4.78 is 57.3. The van der Waals surface area contributed by atoms with E-state index in [1.807, 2.05) is 0 Å². The molecule has 0 amide bonds. The minimum absolute atomic E-state index is 0.0375. The van der Waals surface area contributed by atoms with Crippen molar-refractivity contribution in [2.45, 2.75) is 18.7 Å². The Morgan fingerprint density at radius 3 is 2.86 bits per heavy atom. The van der Waals surface area contributed by atoms with Gasteiger partial charge in [-0.3, -0.25) is 0 Å². The Bertz CT molecular complexity index is 760. The molecular formula is C13H12F2N2O3S. The van der Waals surface area contributed by atoms with Gasteiger partial charge in [-0.15, -0.1) is 0 Å². The first-order valence-corrected chi connectivity index (χ1v) is 7.90. The van der Waals surface area contributed by atoms with Crippen molar-refractivity contribution in [1.82, 2.24) is 9.46 Å². The SMILES string of the molecule is O=S(=O)(Cc1ccon1)N1CCc2c(F)cc(F)cc2C1.